The number of hydrogen-bond donors (Lipinski definition) is 1. The molecule has 0 aromatic heterocycles. The van der Waals surface area contributed by atoms with E-state index in [9.17, 15) is 0 Å². The molecule has 1 aliphatic heterocycles. The molecular weight excluding hydrogens is 170 g/mol. The number of nitrogens with one attached hydrogen (secondary N) is 1. The zero-order chi connectivity index (χ0) is 10.4. The Morgan fingerprint density at radius 1 is 1.21 bits per heavy atom. The summed E-state index contributed by atoms with van der Waals surface area (Å²) >= 11 is 0. The molecule has 1 rings (SSSR count). The van der Waals surface area contributed by atoms with Crippen LogP contribution in [-0.2, 0) is 0 Å². The van der Waals surface area contributed by atoms with Crippen molar-refractivity contribution in [3.63, 3.8) is 0 Å². The minimum Gasteiger partial charge on any atom is -0.311 e. The van der Waals surface area contributed by atoms with Gasteiger partial charge in [-0.15, -0.1) is 0 Å². The van der Waals surface area contributed by atoms with Crippen molar-refractivity contribution in [1.29, 1.82) is 0 Å². The molecule has 0 saturated carbocycles. The van der Waals surface area contributed by atoms with Gasteiger partial charge in [0.05, 0.1) is 0 Å². The van der Waals surface area contributed by atoms with E-state index in [0.29, 0.717) is 5.54 Å². The second-order valence-corrected chi connectivity index (χ2v) is 5.09. The van der Waals surface area contributed by atoms with Crippen LogP contribution < -0.4 is 5.32 Å². The van der Waals surface area contributed by atoms with Crippen LogP contribution in [0.3, 0.4) is 0 Å². The molecule has 14 heavy (non-hydrogen) atoms. The summed E-state index contributed by atoms with van der Waals surface area (Å²) < 4.78 is 0. The van der Waals surface area contributed by atoms with Crippen LogP contribution in [0.1, 0.15) is 65.7 Å². The number of rotatable bonds is 4. The van der Waals surface area contributed by atoms with Gasteiger partial charge in [0.15, 0.2) is 0 Å². The molecule has 2 atom stereocenters. The first-order chi connectivity index (χ1) is 6.72. The molecule has 0 aromatic carbocycles. The summed E-state index contributed by atoms with van der Waals surface area (Å²) in [6.07, 6.45) is 9.63. The van der Waals surface area contributed by atoms with Crippen molar-refractivity contribution in [1.82, 2.24) is 5.32 Å². The maximum absolute atomic E-state index is 3.81. The first-order valence-electron chi connectivity index (χ1n) is 6.47. The lowest BCUT2D eigenvalue weighted by Crippen LogP contribution is -2.45. The lowest BCUT2D eigenvalue weighted by molar-refractivity contribution is 0.240. The molecule has 0 radical (unpaired) electrons. The Morgan fingerprint density at radius 3 is 2.64 bits per heavy atom. The predicted octanol–water partition coefficient (Wildman–Crippen LogP) is 3.74. The summed E-state index contributed by atoms with van der Waals surface area (Å²) in [5.74, 6) is 0.876. The first-order valence-corrected chi connectivity index (χ1v) is 6.47. The third-order valence-corrected chi connectivity index (χ3v) is 3.95. The summed E-state index contributed by atoms with van der Waals surface area (Å²) in [6.45, 7) is 8.29. The van der Waals surface area contributed by atoms with Crippen LogP contribution >= 0.6 is 0 Å². The van der Waals surface area contributed by atoms with Crippen molar-refractivity contribution in [2.45, 2.75) is 71.3 Å². The zero-order valence-corrected chi connectivity index (χ0v) is 10.2. The van der Waals surface area contributed by atoms with Crippen molar-refractivity contribution in [3.8, 4) is 0 Å². The van der Waals surface area contributed by atoms with Crippen molar-refractivity contribution in [2.24, 2.45) is 5.92 Å². The van der Waals surface area contributed by atoms with Gasteiger partial charge in [0.1, 0.15) is 0 Å². The van der Waals surface area contributed by atoms with Crippen LogP contribution in [0.2, 0.25) is 0 Å². The Hall–Kier alpha value is -0.0400. The largest absolute Gasteiger partial charge is 0.311 e. The molecule has 1 aliphatic rings. The Morgan fingerprint density at radius 2 is 2.00 bits per heavy atom. The minimum absolute atomic E-state index is 0.478. The molecule has 1 fully saturated rings. The number of hydrogen-bond acceptors (Lipinski definition) is 1. The van der Waals surface area contributed by atoms with E-state index in [0.717, 1.165) is 5.92 Å². The van der Waals surface area contributed by atoms with Crippen molar-refractivity contribution in [2.75, 3.05) is 6.54 Å². The summed E-state index contributed by atoms with van der Waals surface area (Å²) in [6, 6.07) is 0. The van der Waals surface area contributed by atoms with Gasteiger partial charge in [-0.1, -0.05) is 40.0 Å². The SMILES string of the molecule is CCC(C)CC1(CC)CCCCCN1. The summed E-state index contributed by atoms with van der Waals surface area (Å²) in [4.78, 5) is 0. The molecule has 84 valence electrons. The third kappa shape index (κ3) is 3.27. The Kier molecular flexibility index (Phi) is 4.94. The third-order valence-electron chi connectivity index (χ3n) is 3.95. The summed E-state index contributed by atoms with van der Waals surface area (Å²) in [5.41, 5.74) is 0.478. The van der Waals surface area contributed by atoms with Crippen LogP contribution in [-0.4, -0.2) is 12.1 Å². The molecule has 1 nitrogen and oxygen atoms in total. The molecule has 1 N–H and O–H groups in total. The van der Waals surface area contributed by atoms with Crippen LogP contribution in [0.5, 0.6) is 0 Å². The van der Waals surface area contributed by atoms with Crippen LogP contribution in [0.15, 0.2) is 0 Å². The fourth-order valence-electron chi connectivity index (χ4n) is 2.64. The molecular formula is C13H27N. The predicted molar refractivity (Wildman–Crippen MR) is 63.6 cm³/mol. The molecule has 1 heteroatoms. The van der Waals surface area contributed by atoms with Gasteiger partial charge in [-0.25, -0.2) is 0 Å². The molecule has 0 amide bonds. The minimum atomic E-state index is 0.478. The van der Waals surface area contributed by atoms with Gasteiger partial charge in [-0.2, -0.15) is 0 Å². The van der Waals surface area contributed by atoms with Crippen LogP contribution in [0.4, 0.5) is 0 Å². The molecule has 0 bridgehead atoms. The molecule has 1 heterocycles. The highest BCUT2D eigenvalue weighted by Crippen LogP contribution is 2.30. The van der Waals surface area contributed by atoms with E-state index < -0.39 is 0 Å². The van der Waals surface area contributed by atoms with E-state index in [1.807, 2.05) is 0 Å². The summed E-state index contributed by atoms with van der Waals surface area (Å²) in [7, 11) is 0. The molecule has 2 unspecified atom stereocenters. The second kappa shape index (κ2) is 5.75. The Bertz CT molecular complexity index is 145. The van der Waals surface area contributed by atoms with Crippen LogP contribution in [0, 0.1) is 5.92 Å². The zero-order valence-electron chi connectivity index (χ0n) is 10.2. The molecule has 0 spiro atoms. The van der Waals surface area contributed by atoms with Gasteiger partial charge in [0.2, 0.25) is 0 Å². The monoisotopic (exact) mass is 197 g/mol. The van der Waals surface area contributed by atoms with Crippen molar-refractivity contribution in [3.05, 3.63) is 0 Å². The topological polar surface area (TPSA) is 12.0 Å². The van der Waals surface area contributed by atoms with Gasteiger partial charge in [-0.05, 0) is 38.1 Å². The van der Waals surface area contributed by atoms with E-state index in [1.165, 1.54) is 51.5 Å². The smallest absolute Gasteiger partial charge is 0.0181 e. The Labute approximate surface area is 89.7 Å². The highest BCUT2D eigenvalue weighted by atomic mass is 15.0. The van der Waals surface area contributed by atoms with E-state index in [2.05, 4.69) is 26.1 Å². The van der Waals surface area contributed by atoms with Crippen molar-refractivity contribution >= 4 is 0 Å². The average molecular weight is 197 g/mol. The average Bonchev–Trinajstić information content (AvgIpc) is 2.44. The molecule has 0 aromatic rings. The van der Waals surface area contributed by atoms with E-state index in [4.69, 9.17) is 0 Å². The standard InChI is InChI=1S/C13H27N/c1-4-12(3)11-13(5-2)9-7-6-8-10-14-13/h12,14H,4-11H2,1-3H3. The first kappa shape index (κ1) is 12.0. The lowest BCUT2D eigenvalue weighted by atomic mass is 9.81. The normalized spacial score (nSPS) is 31.1. The summed E-state index contributed by atoms with van der Waals surface area (Å²) in [5, 5.41) is 3.81. The highest BCUT2D eigenvalue weighted by Gasteiger charge is 2.29. The molecule has 0 aliphatic carbocycles. The van der Waals surface area contributed by atoms with Crippen LogP contribution in [0.25, 0.3) is 0 Å². The Balaban J connectivity index is 2.53. The van der Waals surface area contributed by atoms with E-state index in [-0.39, 0.29) is 0 Å². The van der Waals surface area contributed by atoms with Gasteiger partial charge < -0.3 is 5.32 Å². The van der Waals surface area contributed by atoms with E-state index >= 15 is 0 Å². The highest BCUT2D eigenvalue weighted by molar-refractivity contribution is 4.89. The van der Waals surface area contributed by atoms with Gasteiger partial charge in [0.25, 0.3) is 0 Å². The van der Waals surface area contributed by atoms with E-state index in [1.54, 1.807) is 0 Å². The van der Waals surface area contributed by atoms with Gasteiger partial charge in [-0.3, -0.25) is 0 Å². The maximum Gasteiger partial charge on any atom is 0.0181 e. The molecule has 1 saturated heterocycles. The maximum atomic E-state index is 3.81. The van der Waals surface area contributed by atoms with Crippen molar-refractivity contribution < 1.29 is 0 Å². The fraction of sp³-hybridized carbons (Fsp3) is 1.00. The van der Waals surface area contributed by atoms with Gasteiger partial charge >= 0.3 is 0 Å². The quantitative estimate of drug-likeness (QED) is 0.724. The fourth-order valence-corrected chi connectivity index (χ4v) is 2.64. The lowest BCUT2D eigenvalue weighted by Gasteiger charge is -2.35. The second-order valence-electron chi connectivity index (χ2n) is 5.09. The van der Waals surface area contributed by atoms with Gasteiger partial charge in [0, 0.05) is 5.54 Å².